The van der Waals surface area contributed by atoms with Crippen LogP contribution in [0.5, 0.6) is 0 Å². The third-order valence-electron chi connectivity index (χ3n) is 4.70. The molecule has 174 valence electrons. The number of rotatable bonds is 10. The van der Waals surface area contributed by atoms with E-state index in [1.54, 1.807) is 30.1 Å². The lowest BCUT2D eigenvalue weighted by Gasteiger charge is -2.16. The van der Waals surface area contributed by atoms with Crippen molar-refractivity contribution >= 4 is 45.1 Å². The van der Waals surface area contributed by atoms with E-state index in [1.807, 2.05) is 0 Å². The van der Waals surface area contributed by atoms with Crippen molar-refractivity contribution in [2.45, 2.75) is 32.0 Å². The number of carboxylic acids is 2. The van der Waals surface area contributed by atoms with Crippen LogP contribution in [0.1, 0.15) is 34.0 Å². The second-order valence-electron chi connectivity index (χ2n) is 7.18. The van der Waals surface area contributed by atoms with Gasteiger partial charge in [0.2, 0.25) is 0 Å². The maximum atomic E-state index is 12.4. The van der Waals surface area contributed by atoms with Crippen LogP contribution in [0.2, 0.25) is 0 Å². The largest absolute Gasteiger partial charge is 0.481 e. The van der Waals surface area contributed by atoms with E-state index in [4.69, 9.17) is 10.2 Å². The summed E-state index contributed by atoms with van der Waals surface area (Å²) in [7, 11) is 1.77. The number of hydrogen-bond donors (Lipinski definition) is 5. The summed E-state index contributed by atoms with van der Waals surface area (Å²) in [6, 6.07) is 3.82. The Morgan fingerprint density at radius 3 is 2.70 bits per heavy atom. The van der Waals surface area contributed by atoms with Crippen molar-refractivity contribution in [3.05, 3.63) is 51.1 Å². The van der Waals surface area contributed by atoms with Gasteiger partial charge in [0.25, 0.3) is 11.5 Å². The number of amides is 1. The van der Waals surface area contributed by atoms with Crippen molar-refractivity contribution in [2.24, 2.45) is 0 Å². The fraction of sp³-hybridized carbons (Fsp3) is 0.300. The van der Waals surface area contributed by atoms with E-state index in [0.717, 1.165) is 16.9 Å². The van der Waals surface area contributed by atoms with Gasteiger partial charge in [0.1, 0.15) is 23.5 Å². The van der Waals surface area contributed by atoms with Gasteiger partial charge in [0, 0.05) is 20.0 Å². The molecule has 0 radical (unpaired) electrons. The summed E-state index contributed by atoms with van der Waals surface area (Å²) < 4.78 is 0. The Hall–Kier alpha value is -3.84. The van der Waals surface area contributed by atoms with Crippen LogP contribution in [0.3, 0.4) is 0 Å². The molecule has 0 fully saturated rings. The van der Waals surface area contributed by atoms with Gasteiger partial charge in [0.05, 0.1) is 17.1 Å². The minimum absolute atomic E-state index is 0.0362. The zero-order valence-electron chi connectivity index (χ0n) is 17.4. The number of H-pyrrole nitrogens is 1. The van der Waals surface area contributed by atoms with Gasteiger partial charge in [-0.15, -0.1) is 0 Å². The number of aromatic amines is 1. The Morgan fingerprint density at radius 1 is 1.27 bits per heavy atom. The highest BCUT2D eigenvalue weighted by molar-refractivity contribution is 7.17. The van der Waals surface area contributed by atoms with Gasteiger partial charge >= 0.3 is 11.9 Å². The number of aliphatic hydroxyl groups is 1. The predicted molar refractivity (Wildman–Crippen MR) is 118 cm³/mol. The number of carboxylic acid groups (broad SMARTS) is 2. The summed E-state index contributed by atoms with van der Waals surface area (Å²) in [6.45, 7) is 0.0144. The average Bonchev–Trinajstić information content (AvgIpc) is 3.27. The lowest BCUT2D eigenvalue weighted by molar-refractivity contribution is -0.140. The van der Waals surface area contributed by atoms with E-state index in [9.17, 15) is 24.3 Å². The van der Waals surface area contributed by atoms with Crippen molar-refractivity contribution in [2.75, 3.05) is 11.9 Å². The van der Waals surface area contributed by atoms with Crippen LogP contribution in [-0.4, -0.2) is 61.2 Å². The number of aliphatic carboxylic acids is 2. The molecule has 1 amide bonds. The third-order valence-corrected chi connectivity index (χ3v) is 5.81. The van der Waals surface area contributed by atoms with Gasteiger partial charge in [-0.2, -0.15) is 0 Å². The lowest BCUT2D eigenvalue weighted by Crippen LogP contribution is -2.41. The minimum Gasteiger partial charge on any atom is -0.481 e. The standard InChI is InChI=1S/C20H21N5O7S/c1-25(8-10-2-3-12-11(6-10)17(29)24-14(9-26)22-12)15-7-21-19(33-15)18(30)23-13(20(31)32)4-5-16(27)28/h2-3,6-7,13,26H,4-5,8-9H2,1H3,(H,23,30)(H,27,28)(H,31,32)(H,22,24,29)/t13-/m0/s1. The van der Waals surface area contributed by atoms with Gasteiger partial charge in [-0.05, 0) is 24.1 Å². The SMILES string of the molecule is CN(Cc1ccc2nc(CO)[nH]c(=O)c2c1)c1cnc(C(=O)N[C@@H](CCC(=O)O)C(=O)O)s1. The molecule has 0 spiro atoms. The topological polar surface area (TPSA) is 186 Å². The molecule has 2 heterocycles. The Labute approximate surface area is 190 Å². The quantitative estimate of drug-likeness (QED) is 0.277. The Balaban J connectivity index is 1.70. The number of nitrogens with zero attached hydrogens (tertiary/aromatic N) is 3. The number of aliphatic hydroxyl groups excluding tert-OH is 1. The number of aromatic nitrogens is 3. The molecule has 13 heteroatoms. The molecular formula is C20H21N5O7S. The van der Waals surface area contributed by atoms with E-state index in [1.165, 1.54) is 6.20 Å². The summed E-state index contributed by atoms with van der Waals surface area (Å²) in [5.74, 6) is -3.01. The summed E-state index contributed by atoms with van der Waals surface area (Å²) >= 11 is 1.04. The summed E-state index contributed by atoms with van der Waals surface area (Å²) in [6.07, 6.45) is 0.828. The van der Waals surface area contributed by atoms with Crippen LogP contribution >= 0.6 is 11.3 Å². The number of fused-ring (bicyclic) bond motifs is 1. The van der Waals surface area contributed by atoms with Gasteiger partial charge in [-0.25, -0.2) is 14.8 Å². The highest BCUT2D eigenvalue weighted by Gasteiger charge is 2.23. The molecule has 5 N–H and O–H groups in total. The van der Waals surface area contributed by atoms with E-state index in [2.05, 4.69) is 20.3 Å². The Kier molecular flexibility index (Phi) is 7.35. The maximum Gasteiger partial charge on any atom is 0.326 e. The number of nitrogens with one attached hydrogen (secondary N) is 2. The van der Waals surface area contributed by atoms with E-state index < -0.39 is 30.3 Å². The number of benzene rings is 1. The first-order valence-corrected chi connectivity index (χ1v) is 10.5. The molecule has 0 aliphatic carbocycles. The predicted octanol–water partition coefficient (Wildman–Crippen LogP) is 0.556. The fourth-order valence-corrected chi connectivity index (χ4v) is 3.83. The molecular weight excluding hydrogens is 454 g/mol. The van der Waals surface area contributed by atoms with Crippen molar-refractivity contribution in [3.8, 4) is 0 Å². The van der Waals surface area contributed by atoms with Crippen molar-refractivity contribution in [1.82, 2.24) is 20.3 Å². The summed E-state index contributed by atoms with van der Waals surface area (Å²) in [5, 5.41) is 30.4. The van der Waals surface area contributed by atoms with Gasteiger partial charge in [0.15, 0.2) is 5.01 Å². The molecule has 0 unspecified atom stereocenters. The van der Waals surface area contributed by atoms with Gasteiger partial charge < -0.3 is 30.5 Å². The highest BCUT2D eigenvalue weighted by Crippen LogP contribution is 2.24. The third kappa shape index (κ3) is 5.90. The Morgan fingerprint density at radius 2 is 2.03 bits per heavy atom. The molecule has 0 saturated heterocycles. The molecule has 1 atom stereocenters. The minimum atomic E-state index is -1.34. The van der Waals surface area contributed by atoms with Crippen molar-refractivity contribution in [3.63, 3.8) is 0 Å². The van der Waals surface area contributed by atoms with Crippen LogP contribution in [0, 0.1) is 0 Å². The molecule has 0 saturated carbocycles. The van der Waals surface area contributed by atoms with Crippen LogP contribution in [0.4, 0.5) is 5.00 Å². The first-order valence-electron chi connectivity index (χ1n) is 9.73. The lowest BCUT2D eigenvalue weighted by atomic mass is 10.1. The van der Waals surface area contributed by atoms with Crippen LogP contribution in [0.25, 0.3) is 10.9 Å². The molecule has 0 aliphatic heterocycles. The normalized spacial score (nSPS) is 11.8. The molecule has 12 nitrogen and oxygen atoms in total. The molecule has 0 bridgehead atoms. The number of thiazole rings is 1. The smallest absolute Gasteiger partial charge is 0.326 e. The number of hydrogen-bond acceptors (Lipinski definition) is 9. The van der Waals surface area contributed by atoms with E-state index in [0.29, 0.717) is 22.4 Å². The van der Waals surface area contributed by atoms with Gasteiger partial charge in [-0.3, -0.25) is 14.4 Å². The van der Waals surface area contributed by atoms with Crippen LogP contribution in [0.15, 0.2) is 29.2 Å². The zero-order valence-corrected chi connectivity index (χ0v) is 18.3. The average molecular weight is 475 g/mol. The molecule has 3 rings (SSSR count). The molecule has 3 aromatic rings. The Bertz CT molecular complexity index is 1260. The number of anilines is 1. The molecule has 33 heavy (non-hydrogen) atoms. The number of carbonyl (C=O) groups excluding carboxylic acids is 1. The second kappa shape index (κ2) is 10.2. The van der Waals surface area contributed by atoms with Gasteiger partial charge in [-0.1, -0.05) is 17.4 Å². The fourth-order valence-electron chi connectivity index (χ4n) is 3.05. The highest BCUT2D eigenvalue weighted by atomic mass is 32.1. The van der Waals surface area contributed by atoms with E-state index >= 15 is 0 Å². The molecule has 2 aromatic heterocycles. The number of carbonyl (C=O) groups is 3. The van der Waals surface area contributed by atoms with Crippen LogP contribution in [-0.2, 0) is 22.7 Å². The first-order chi connectivity index (χ1) is 15.7. The van der Waals surface area contributed by atoms with Crippen molar-refractivity contribution in [1.29, 1.82) is 0 Å². The van der Waals surface area contributed by atoms with E-state index in [-0.39, 0.29) is 29.4 Å². The summed E-state index contributed by atoms with van der Waals surface area (Å²) in [5.41, 5.74) is 0.899. The first kappa shape index (κ1) is 23.8. The zero-order chi connectivity index (χ0) is 24.1. The molecule has 1 aromatic carbocycles. The van der Waals surface area contributed by atoms with Crippen LogP contribution < -0.4 is 15.8 Å². The monoisotopic (exact) mass is 475 g/mol. The summed E-state index contributed by atoms with van der Waals surface area (Å²) in [4.78, 5) is 59.1. The maximum absolute atomic E-state index is 12.4. The molecule has 0 aliphatic rings. The van der Waals surface area contributed by atoms with Crippen molar-refractivity contribution < 1.29 is 29.7 Å². The second-order valence-corrected chi connectivity index (χ2v) is 8.19.